The molecule has 0 amide bonds. The molecule has 2 aromatic rings. The van der Waals surface area contributed by atoms with Gasteiger partial charge in [-0.1, -0.05) is 0 Å². The molecule has 6 nitrogen and oxygen atoms in total. The van der Waals surface area contributed by atoms with Crippen molar-refractivity contribution < 1.29 is 9.90 Å². The van der Waals surface area contributed by atoms with Crippen LogP contribution < -0.4 is 5.56 Å². The summed E-state index contributed by atoms with van der Waals surface area (Å²) in [4.78, 5) is 22.4. The molecular formula is C11H13N3O3. The summed E-state index contributed by atoms with van der Waals surface area (Å²) in [7, 11) is 0. The van der Waals surface area contributed by atoms with Crippen molar-refractivity contribution >= 4 is 11.5 Å². The fourth-order valence-corrected chi connectivity index (χ4v) is 1.73. The minimum Gasteiger partial charge on any atom is -0.481 e. The average molecular weight is 235 g/mol. The Morgan fingerprint density at radius 1 is 1.47 bits per heavy atom. The van der Waals surface area contributed by atoms with Gasteiger partial charge in [0.25, 0.3) is 5.56 Å². The number of aliphatic carboxylic acids is 1. The van der Waals surface area contributed by atoms with Crippen LogP contribution in [-0.2, 0) is 11.3 Å². The summed E-state index contributed by atoms with van der Waals surface area (Å²) in [6.07, 6.45) is 3.84. The van der Waals surface area contributed by atoms with Crippen molar-refractivity contribution in [1.82, 2.24) is 14.2 Å². The Morgan fingerprint density at radius 2 is 2.24 bits per heavy atom. The van der Waals surface area contributed by atoms with Gasteiger partial charge in [0.2, 0.25) is 0 Å². The van der Waals surface area contributed by atoms with Crippen LogP contribution in [0.1, 0.15) is 18.5 Å². The van der Waals surface area contributed by atoms with E-state index < -0.39 is 5.97 Å². The predicted octanol–water partition coefficient (Wildman–Crippen LogP) is 0.669. The normalized spacial score (nSPS) is 10.9. The summed E-state index contributed by atoms with van der Waals surface area (Å²) < 4.78 is 3.05. The molecule has 0 aliphatic heterocycles. The fourth-order valence-electron chi connectivity index (χ4n) is 1.73. The third-order valence-corrected chi connectivity index (χ3v) is 2.52. The minimum absolute atomic E-state index is 0.0654. The Morgan fingerprint density at radius 3 is 2.94 bits per heavy atom. The van der Waals surface area contributed by atoms with Crippen molar-refractivity contribution in [2.45, 2.75) is 26.3 Å². The van der Waals surface area contributed by atoms with Gasteiger partial charge in [-0.05, 0) is 19.4 Å². The van der Waals surface area contributed by atoms with Gasteiger partial charge in [0.15, 0.2) is 0 Å². The van der Waals surface area contributed by atoms with Gasteiger partial charge < -0.3 is 9.67 Å². The lowest BCUT2D eigenvalue weighted by Gasteiger charge is -2.04. The molecule has 0 radical (unpaired) electrons. The molecule has 17 heavy (non-hydrogen) atoms. The van der Waals surface area contributed by atoms with Gasteiger partial charge >= 0.3 is 5.97 Å². The van der Waals surface area contributed by atoms with Gasteiger partial charge in [-0.25, -0.2) is 4.52 Å². The van der Waals surface area contributed by atoms with Gasteiger partial charge in [-0.15, -0.1) is 0 Å². The van der Waals surface area contributed by atoms with Crippen molar-refractivity contribution in [3.63, 3.8) is 0 Å². The number of fused-ring (bicyclic) bond motifs is 1. The molecule has 2 heterocycles. The highest BCUT2D eigenvalue weighted by Crippen LogP contribution is 2.01. The molecule has 0 aromatic carbocycles. The first-order valence-electron chi connectivity index (χ1n) is 5.35. The molecule has 0 atom stereocenters. The van der Waals surface area contributed by atoms with E-state index >= 15 is 0 Å². The first kappa shape index (κ1) is 11.4. The van der Waals surface area contributed by atoms with Crippen LogP contribution >= 0.6 is 0 Å². The Hall–Kier alpha value is -2.11. The van der Waals surface area contributed by atoms with E-state index in [0.717, 1.165) is 5.69 Å². The van der Waals surface area contributed by atoms with Crippen LogP contribution in [0.5, 0.6) is 0 Å². The average Bonchev–Trinajstić information content (AvgIpc) is 2.63. The SMILES string of the molecule is Cc1cc2c(=O)n(CCCC(=O)O)ccn2n1. The smallest absolute Gasteiger partial charge is 0.303 e. The Labute approximate surface area is 97.1 Å². The number of nitrogens with zero attached hydrogens (tertiary/aromatic N) is 3. The summed E-state index contributed by atoms with van der Waals surface area (Å²) in [6, 6.07) is 1.72. The summed E-state index contributed by atoms with van der Waals surface area (Å²) >= 11 is 0. The van der Waals surface area contributed by atoms with Crippen LogP contribution in [0.2, 0.25) is 0 Å². The van der Waals surface area contributed by atoms with Gasteiger partial charge in [0.1, 0.15) is 5.52 Å². The Bertz CT molecular complexity index is 612. The number of rotatable bonds is 4. The second kappa shape index (κ2) is 4.40. The molecule has 0 saturated carbocycles. The minimum atomic E-state index is -0.848. The maximum Gasteiger partial charge on any atom is 0.303 e. The highest BCUT2D eigenvalue weighted by atomic mass is 16.4. The van der Waals surface area contributed by atoms with E-state index in [9.17, 15) is 9.59 Å². The largest absolute Gasteiger partial charge is 0.481 e. The van der Waals surface area contributed by atoms with E-state index in [1.165, 1.54) is 9.08 Å². The lowest BCUT2D eigenvalue weighted by Crippen LogP contribution is -2.21. The van der Waals surface area contributed by atoms with Crippen molar-refractivity contribution in [2.75, 3.05) is 0 Å². The number of aryl methyl sites for hydroxylation is 2. The van der Waals surface area contributed by atoms with Crippen LogP contribution in [0.15, 0.2) is 23.3 Å². The Balaban J connectivity index is 2.26. The zero-order valence-electron chi connectivity index (χ0n) is 9.46. The topological polar surface area (TPSA) is 76.6 Å². The highest BCUT2D eigenvalue weighted by Gasteiger charge is 2.05. The molecule has 0 saturated heterocycles. The molecular weight excluding hydrogens is 222 g/mol. The van der Waals surface area contributed by atoms with E-state index in [2.05, 4.69) is 5.10 Å². The standard InChI is InChI=1S/C11H13N3O3/c1-8-7-9-11(17)13(4-2-3-10(15)16)5-6-14(9)12-8/h5-7H,2-4H2,1H3,(H,15,16). The second-order valence-electron chi connectivity index (χ2n) is 3.91. The molecule has 0 bridgehead atoms. The summed E-state index contributed by atoms with van der Waals surface area (Å²) in [5.41, 5.74) is 1.16. The first-order chi connectivity index (χ1) is 8.08. The molecule has 0 unspecified atom stereocenters. The maximum absolute atomic E-state index is 12.0. The number of aromatic nitrogens is 3. The van der Waals surface area contributed by atoms with E-state index in [-0.39, 0.29) is 12.0 Å². The van der Waals surface area contributed by atoms with Gasteiger partial charge in [0.05, 0.1) is 5.69 Å². The van der Waals surface area contributed by atoms with E-state index in [1.54, 1.807) is 18.5 Å². The fraction of sp³-hybridized carbons (Fsp3) is 0.364. The molecule has 0 aliphatic rings. The number of hydrogen-bond acceptors (Lipinski definition) is 3. The Kier molecular flexibility index (Phi) is 2.95. The van der Waals surface area contributed by atoms with Crippen LogP contribution in [0.25, 0.3) is 5.52 Å². The van der Waals surface area contributed by atoms with Gasteiger partial charge in [-0.3, -0.25) is 9.59 Å². The monoisotopic (exact) mass is 235 g/mol. The van der Waals surface area contributed by atoms with Crippen molar-refractivity contribution in [2.24, 2.45) is 0 Å². The highest BCUT2D eigenvalue weighted by molar-refractivity contribution is 5.66. The van der Waals surface area contributed by atoms with Crippen LogP contribution in [-0.4, -0.2) is 25.3 Å². The van der Waals surface area contributed by atoms with Crippen LogP contribution in [0, 0.1) is 6.92 Å². The van der Waals surface area contributed by atoms with Crippen molar-refractivity contribution in [3.8, 4) is 0 Å². The van der Waals surface area contributed by atoms with Crippen molar-refractivity contribution in [1.29, 1.82) is 0 Å². The summed E-state index contributed by atoms with van der Waals surface area (Å²) in [5.74, 6) is -0.848. The van der Waals surface area contributed by atoms with Gasteiger partial charge in [-0.2, -0.15) is 5.10 Å². The predicted molar refractivity (Wildman–Crippen MR) is 61.1 cm³/mol. The molecule has 6 heteroatoms. The lowest BCUT2D eigenvalue weighted by molar-refractivity contribution is -0.137. The third-order valence-electron chi connectivity index (χ3n) is 2.52. The van der Waals surface area contributed by atoms with Crippen LogP contribution in [0.4, 0.5) is 0 Å². The number of carbonyl (C=O) groups is 1. The lowest BCUT2D eigenvalue weighted by atomic mass is 10.3. The number of hydrogen-bond donors (Lipinski definition) is 1. The molecule has 90 valence electrons. The van der Waals surface area contributed by atoms with E-state index in [4.69, 9.17) is 5.11 Å². The summed E-state index contributed by atoms with van der Waals surface area (Å²) in [5, 5.41) is 12.7. The van der Waals surface area contributed by atoms with Gasteiger partial charge in [0, 0.05) is 25.4 Å². The number of carboxylic acids is 1. The second-order valence-corrected chi connectivity index (χ2v) is 3.91. The van der Waals surface area contributed by atoms with E-state index in [1.807, 2.05) is 6.92 Å². The third kappa shape index (κ3) is 2.35. The summed E-state index contributed by atoms with van der Waals surface area (Å²) in [6.45, 7) is 2.23. The van der Waals surface area contributed by atoms with Crippen LogP contribution in [0.3, 0.4) is 0 Å². The zero-order chi connectivity index (χ0) is 12.4. The molecule has 1 N–H and O–H groups in total. The molecule has 2 rings (SSSR count). The van der Waals surface area contributed by atoms with E-state index in [0.29, 0.717) is 18.5 Å². The molecule has 0 fully saturated rings. The van der Waals surface area contributed by atoms with Crippen molar-refractivity contribution in [3.05, 3.63) is 34.5 Å². The number of carboxylic acid groups (broad SMARTS) is 1. The molecule has 0 spiro atoms. The zero-order valence-corrected chi connectivity index (χ0v) is 9.46. The quantitative estimate of drug-likeness (QED) is 0.845. The molecule has 0 aliphatic carbocycles. The molecule has 2 aromatic heterocycles. The maximum atomic E-state index is 12.0. The first-order valence-corrected chi connectivity index (χ1v) is 5.35.